The third-order valence-electron chi connectivity index (χ3n) is 7.43. The number of halogens is 3. The number of hydrogen-bond acceptors (Lipinski definition) is 8. The van der Waals surface area contributed by atoms with Crippen molar-refractivity contribution in [3.63, 3.8) is 0 Å². The number of aryl methyl sites for hydroxylation is 1. The lowest BCUT2D eigenvalue weighted by atomic mass is 9.92. The van der Waals surface area contributed by atoms with Crippen LogP contribution < -0.4 is 20.5 Å². The van der Waals surface area contributed by atoms with Crippen molar-refractivity contribution >= 4 is 29.8 Å². The second kappa shape index (κ2) is 13.4. The van der Waals surface area contributed by atoms with Crippen LogP contribution in [0.15, 0.2) is 58.2 Å². The minimum Gasteiger partial charge on any atom is -0.494 e. The SMILES string of the molecule is Cc1ccc(N=CC=C(N)OCCC2(C(F)(F)F)CC2)nc1NC(C)(C)CC1CCCCOc2ccc(cc2)SN1. The van der Waals surface area contributed by atoms with Crippen LogP contribution in [0.2, 0.25) is 0 Å². The molecule has 1 atom stereocenters. The van der Waals surface area contributed by atoms with Crippen LogP contribution >= 0.6 is 11.9 Å². The molecule has 7 nitrogen and oxygen atoms in total. The van der Waals surface area contributed by atoms with E-state index in [4.69, 9.17) is 15.2 Å². The predicted molar refractivity (Wildman–Crippen MR) is 159 cm³/mol. The van der Waals surface area contributed by atoms with Gasteiger partial charge in [-0.1, -0.05) is 6.07 Å². The molecule has 224 valence electrons. The lowest BCUT2D eigenvalue weighted by molar-refractivity contribution is -0.191. The molecule has 3 aliphatic rings. The maximum absolute atomic E-state index is 13.1. The zero-order chi connectivity index (χ0) is 29.5. The van der Waals surface area contributed by atoms with Crippen molar-refractivity contribution in [3.8, 4) is 5.75 Å². The fourth-order valence-corrected chi connectivity index (χ4v) is 5.55. The zero-order valence-electron chi connectivity index (χ0n) is 23.9. The summed E-state index contributed by atoms with van der Waals surface area (Å²) in [6.07, 6.45) is 2.85. The monoisotopic (exact) mass is 591 g/mol. The highest BCUT2D eigenvalue weighted by Gasteiger charge is 2.62. The van der Waals surface area contributed by atoms with Crippen molar-refractivity contribution in [2.75, 3.05) is 18.5 Å². The molecule has 41 heavy (non-hydrogen) atoms. The molecule has 0 radical (unpaired) electrons. The molecule has 2 aliphatic heterocycles. The lowest BCUT2D eigenvalue weighted by Crippen LogP contribution is -2.39. The van der Waals surface area contributed by atoms with Gasteiger partial charge >= 0.3 is 6.18 Å². The molecule has 1 saturated carbocycles. The molecule has 0 spiro atoms. The average Bonchev–Trinajstić information content (AvgIpc) is 3.69. The molecule has 4 N–H and O–H groups in total. The molecule has 1 aromatic heterocycles. The second-order valence-corrected chi connectivity index (χ2v) is 12.4. The van der Waals surface area contributed by atoms with Crippen molar-refractivity contribution in [2.24, 2.45) is 16.1 Å². The van der Waals surface area contributed by atoms with Gasteiger partial charge in [-0.15, -0.1) is 0 Å². The van der Waals surface area contributed by atoms with Gasteiger partial charge < -0.3 is 20.5 Å². The molecule has 2 aromatic rings. The number of anilines is 1. The van der Waals surface area contributed by atoms with Crippen LogP contribution in [0.5, 0.6) is 5.75 Å². The normalized spacial score (nSPS) is 19.8. The minimum atomic E-state index is -4.20. The van der Waals surface area contributed by atoms with Gasteiger partial charge in [-0.05, 0) is 114 Å². The summed E-state index contributed by atoms with van der Waals surface area (Å²) in [7, 11) is 0. The number of ether oxygens (including phenoxy) is 2. The molecular formula is C30H40F3N5O2S. The number of pyridine rings is 1. The number of benzene rings is 1. The van der Waals surface area contributed by atoms with Crippen molar-refractivity contribution in [1.82, 2.24) is 9.71 Å². The van der Waals surface area contributed by atoms with Crippen LogP contribution in [-0.4, -0.2) is 42.2 Å². The third-order valence-corrected chi connectivity index (χ3v) is 8.39. The summed E-state index contributed by atoms with van der Waals surface area (Å²) in [6.45, 7) is 6.94. The molecule has 0 amide bonds. The molecule has 3 heterocycles. The largest absolute Gasteiger partial charge is 0.494 e. The standard InChI is InChI=1S/C30H40F3N5O2S/c1-21-7-12-26(35-17-13-25(34)40-19-16-29(14-15-29)30(31,32)33)36-27(21)37-28(2,3)20-22-6-4-5-18-39-23-8-10-24(11-9-23)41-38-22/h7-13,17,22,38H,4-6,14-16,18-20,34H2,1-3H3,(H,36,37). The first kappa shape index (κ1) is 31.0. The first-order chi connectivity index (χ1) is 19.4. The number of nitrogens with two attached hydrogens (primary N) is 1. The van der Waals surface area contributed by atoms with Gasteiger partial charge in [-0.25, -0.2) is 9.98 Å². The summed E-state index contributed by atoms with van der Waals surface area (Å²) < 4.78 is 54.0. The van der Waals surface area contributed by atoms with Crippen LogP contribution in [0.25, 0.3) is 0 Å². The fraction of sp³-hybridized carbons (Fsp3) is 0.533. The van der Waals surface area contributed by atoms with E-state index in [1.807, 2.05) is 25.1 Å². The van der Waals surface area contributed by atoms with Crippen molar-refractivity contribution < 1.29 is 22.6 Å². The summed E-state index contributed by atoms with van der Waals surface area (Å²) in [6, 6.07) is 12.2. The van der Waals surface area contributed by atoms with Crippen molar-refractivity contribution in [3.05, 3.63) is 53.9 Å². The van der Waals surface area contributed by atoms with Crippen LogP contribution in [0.3, 0.4) is 0 Å². The summed E-state index contributed by atoms with van der Waals surface area (Å²) in [4.78, 5) is 10.2. The number of rotatable bonds is 10. The van der Waals surface area contributed by atoms with Gasteiger partial charge in [-0.2, -0.15) is 13.2 Å². The fourth-order valence-electron chi connectivity index (χ4n) is 4.77. The van der Waals surface area contributed by atoms with Gasteiger partial charge in [-0.3, -0.25) is 4.72 Å². The first-order valence-corrected chi connectivity index (χ1v) is 14.9. The van der Waals surface area contributed by atoms with Crippen LogP contribution in [0, 0.1) is 12.3 Å². The number of nitrogens with zero attached hydrogens (tertiary/aromatic N) is 2. The molecule has 1 unspecified atom stereocenters. The Morgan fingerprint density at radius 2 is 1.98 bits per heavy atom. The molecule has 0 saturated heterocycles. The number of aromatic nitrogens is 1. The summed E-state index contributed by atoms with van der Waals surface area (Å²) in [5.41, 5.74) is 4.94. The van der Waals surface area contributed by atoms with Gasteiger partial charge in [0.2, 0.25) is 0 Å². The molecule has 2 bridgehead atoms. The quantitative estimate of drug-likeness (QED) is 0.150. The maximum atomic E-state index is 13.1. The van der Waals surface area contributed by atoms with Gasteiger partial charge in [0, 0.05) is 28.8 Å². The molecule has 1 fully saturated rings. The minimum absolute atomic E-state index is 0.0169. The van der Waals surface area contributed by atoms with Gasteiger partial charge in [0.25, 0.3) is 0 Å². The molecule has 1 aliphatic carbocycles. The second-order valence-electron chi connectivity index (χ2n) is 11.5. The Balaban J connectivity index is 1.32. The van der Waals surface area contributed by atoms with E-state index in [2.05, 4.69) is 46.0 Å². The Morgan fingerprint density at radius 3 is 2.68 bits per heavy atom. The average molecular weight is 592 g/mol. The Labute approximate surface area is 244 Å². The van der Waals surface area contributed by atoms with E-state index in [0.717, 1.165) is 47.7 Å². The topological polar surface area (TPSA) is 93.8 Å². The van der Waals surface area contributed by atoms with Gasteiger partial charge in [0.05, 0.1) is 18.6 Å². The number of fused-ring (bicyclic) bond motifs is 9. The zero-order valence-corrected chi connectivity index (χ0v) is 24.7. The summed E-state index contributed by atoms with van der Waals surface area (Å²) in [5, 5.41) is 3.60. The third kappa shape index (κ3) is 9.29. The van der Waals surface area contributed by atoms with E-state index in [0.29, 0.717) is 12.4 Å². The summed E-state index contributed by atoms with van der Waals surface area (Å²) >= 11 is 1.64. The Morgan fingerprint density at radius 1 is 1.22 bits per heavy atom. The molecular weight excluding hydrogens is 551 g/mol. The van der Waals surface area contributed by atoms with E-state index in [9.17, 15) is 13.2 Å². The van der Waals surface area contributed by atoms with Crippen LogP contribution in [0.1, 0.15) is 64.4 Å². The summed E-state index contributed by atoms with van der Waals surface area (Å²) in [5.74, 6) is 2.15. The van der Waals surface area contributed by atoms with Gasteiger partial charge in [0.15, 0.2) is 11.7 Å². The molecule has 1 aromatic carbocycles. The number of alkyl halides is 3. The highest BCUT2D eigenvalue weighted by Crippen LogP contribution is 2.59. The van der Waals surface area contributed by atoms with E-state index in [1.165, 1.54) is 12.3 Å². The van der Waals surface area contributed by atoms with Crippen molar-refractivity contribution in [2.45, 2.75) is 88.4 Å². The van der Waals surface area contributed by atoms with E-state index in [-0.39, 0.29) is 43.3 Å². The highest BCUT2D eigenvalue weighted by molar-refractivity contribution is 7.97. The van der Waals surface area contributed by atoms with E-state index in [1.54, 1.807) is 18.0 Å². The Kier molecular flexibility index (Phi) is 10.1. The number of allylic oxidation sites excluding steroid dienone is 1. The Hall–Kier alpha value is -2.92. The van der Waals surface area contributed by atoms with Gasteiger partial charge in [0.1, 0.15) is 11.6 Å². The van der Waals surface area contributed by atoms with Crippen LogP contribution in [0.4, 0.5) is 24.8 Å². The van der Waals surface area contributed by atoms with Crippen molar-refractivity contribution in [1.29, 1.82) is 0 Å². The number of aliphatic imine (C=N–C) groups is 1. The first-order valence-electron chi connectivity index (χ1n) is 14.1. The van der Waals surface area contributed by atoms with Crippen LogP contribution in [-0.2, 0) is 4.74 Å². The number of hydrogen-bond donors (Lipinski definition) is 3. The smallest absolute Gasteiger partial charge is 0.394 e. The maximum Gasteiger partial charge on any atom is 0.394 e. The highest BCUT2D eigenvalue weighted by atomic mass is 32.2. The number of nitrogens with one attached hydrogen (secondary N) is 2. The lowest BCUT2D eigenvalue weighted by Gasteiger charge is -2.32. The molecule has 5 rings (SSSR count). The molecule has 11 heteroatoms. The van der Waals surface area contributed by atoms with E-state index < -0.39 is 11.6 Å². The predicted octanol–water partition coefficient (Wildman–Crippen LogP) is 7.45. The Bertz CT molecular complexity index is 1210. The van der Waals surface area contributed by atoms with E-state index >= 15 is 0 Å².